The molecule has 0 aromatic carbocycles. The summed E-state index contributed by atoms with van der Waals surface area (Å²) < 4.78 is 5.36. The summed E-state index contributed by atoms with van der Waals surface area (Å²) >= 11 is 0. The van der Waals surface area contributed by atoms with Gasteiger partial charge >= 0.3 is 6.09 Å². The van der Waals surface area contributed by atoms with E-state index in [2.05, 4.69) is 10.3 Å². The second-order valence-electron chi connectivity index (χ2n) is 7.17. The maximum Gasteiger partial charge on any atom is 0.410 e. The third kappa shape index (κ3) is 7.52. The monoisotopic (exact) mass is 341 g/mol. The maximum absolute atomic E-state index is 12.0. The van der Waals surface area contributed by atoms with Gasteiger partial charge in [0.25, 0.3) is 0 Å². The molecule has 0 radical (unpaired) electrons. The van der Waals surface area contributed by atoms with Crippen LogP contribution in [0.25, 0.3) is 0 Å². The van der Waals surface area contributed by atoms with Crippen LogP contribution in [0.3, 0.4) is 0 Å². The summed E-state index contributed by atoms with van der Waals surface area (Å²) in [7, 11) is 0. The normalized spacial score (nSPS) is 16.3. The average molecular weight is 341 g/mol. The van der Waals surface area contributed by atoms with Gasteiger partial charge in [0.2, 0.25) is 5.91 Å². The van der Waals surface area contributed by atoms with Crippen LogP contribution in [0.4, 0.5) is 4.79 Å². The van der Waals surface area contributed by atoms with Crippen molar-refractivity contribution in [3.05, 3.63) is 0 Å². The molecule has 1 saturated heterocycles. The third-order valence-corrected chi connectivity index (χ3v) is 3.32. The van der Waals surface area contributed by atoms with Crippen LogP contribution in [0, 0.1) is 0 Å². The van der Waals surface area contributed by atoms with E-state index >= 15 is 0 Å². The molecule has 0 aromatic rings. The molecule has 0 unspecified atom stereocenters. The minimum absolute atomic E-state index is 0.0312. The number of ether oxygens (including phenoxy) is 1. The summed E-state index contributed by atoms with van der Waals surface area (Å²) in [5.74, 6) is 0.382. The quantitative estimate of drug-likeness (QED) is 0.581. The molecule has 138 valence electrons. The molecule has 0 aliphatic carbocycles. The Morgan fingerprint density at radius 2 is 1.71 bits per heavy atom. The molecule has 8 heteroatoms. The molecule has 1 rings (SSSR count). The zero-order valence-electron chi connectivity index (χ0n) is 15.5. The molecule has 0 aromatic heterocycles. The lowest BCUT2D eigenvalue weighted by atomic mass is 10.2. The molecule has 0 atom stereocenters. The number of hydrogen-bond acceptors (Lipinski definition) is 4. The number of carbonyl (C=O) groups is 2. The van der Waals surface area contributed by atoms with Gasteiger partial charge in [0.1, 0.15) is 5.60 Å². The fourth-order valence-electron chi connectivity index (χ4n) is 2.21. The lowest BCUT2D eigenvalue weighted by molar-refractivity contribution is -0.121. The fourth-order valence-corrected chi connectivity index (χ4v) is 2.21. The molecule has 0 saturated carbocycles. The smallest absolute Gasteiger partial charge is 0.410 e. The number of nitrogens with zero attached hydrogens (tertiary/aromatic N) is 3. The number of rotatable bonds is 4. The molecule has 1 aliphatic rings. The molecule has 0 bridgehead atoms. The van der Waals surface area contributed by atoms with Gasteiger partial charge in [-0.25, -0.2) is 4.79 Å². The van der Waals surface area contributed by atoms with E-state index in [-0.39, 0.29) is 18.0 Å². The Kier molecular flexibility index (Phi) is 7.31. The molecule has 2 amide bonds. The average Bonchev–Trinajstić information content (AvgIpc) is 2.44. The zero-order valence-corrected chi connectivity index (χ0v) is 15.5. The van der Waals surface area contributed by atoms with Gasteiger partial charge in [-0.05, 0) is 34.6 Å². The summed E-state index contributed by atoms with van der Waals surface area (Å²) in [5.41, 5.74) is 5.47. The molecular weight excluding hydrogens is 310 g/mol. The predicted octanol–water partition coefficient (Wildman–Crippen LogP) is 0.769. The Morgan fingerprint density at radius 3 is 2.21 bits per heavy atom. The van der Waals surface area contributed by atoms with Crippen LogP contribution < -0.4 is 11.1 Å². The number of amides is 2. The molecule has 1 heterocycles. The molecule has 0 spiro atoms. The van der Waals surface area contributed by atoms with Crippen molar-refractivity contribution in [2.24, 2.45) is 10.7 Å². The van der Waals surface area contributed by atoms with Gasteiger partial charge in [-0.2, -0.15) is 0 Å². The minimum Gasteiger partial charge on any atom is -0.444 e. The van der Waals surface area contributed by atoms with E-state index in [1.165, 1.54) is 0 Å². The molecule has 1 aliphatic heterocycles. The fraction of sp³-hybridized carbons (Fsp3) is 0.812. The van der Waals surface area contributed by atoms with Crippen molar-refractivity contribution in [3.8, 4) is 0 Å². The molecule has 24 heavy (non-hydrogen) atoms. The van der Waals surface area contributed by atoms with Crippen molar-refractivity contribution < 1.29 is 14.3 Å². The van der Waals surface area contributed by atoms with Gasteiger partial charge < -0.3 is 25.6 Å². The van der Waals surface area contributed by atoms with E-state index < -0.39 is 5.60 Å². The largest absolute Gasteiger partial charge is 0.444 e. The number of piperazine rings is 1. The Hall–Kier alpha value is -1.99. The number of carbonyl (C=O) groups excluding carboxylic acids is 2. The van der Waals surface area contributed by atoms with Gasteiger partial charge in [0.05, 0.1) is 6.54 Å². The number of aliphatic imine (C=N–C) groups is 1. The zero-order chi connectivity index (χ0) is 18.3. The van der Waals surface area contributed by atoms with Crippen molar-refractivity contribution in [1.29, 1.82) is 0 Å². The van der Waals surface area contributed by atoms with Crippen LogP contribution in [0.2, 0.25) is 0 Å². The molecular formula is C16H31N5O3. The van der Waals surface area contributed by atoms with Crippen LogP contribution in [0.1, 0.15) is 41.0 Å². The number of hydrogen-bond donors (Lipinski definition) is 2. The Bertz CT molecular complexity index is 463. The predicted molar refractivity (Wildman–Crippen MR) is 93.8 cm³/mol. The summed E-state index contributed by atoms with van der Waals surface area (Å²) in [6, 6.07) is 0.125. The van der Waals surface area contributed by atoms with Crippen molar-refractivity contribution in [3.63, 3.8) is 0 Å². The van der Waals surface area contributed by atoms with E-state index in [0.29, 0.717) is 45.1 Å². The Morgan fingerprint density at radius 1 is 1.17 bits per heavy atom. The number of guanidine groups is 1. The first kappa shape index (κ1) is 20.1. The van der Waals surface area contributed by atoms with Crippen LogP contribution in [0.5, 0.6) is 0 Å². The van der Waals surface area contributed by atoms with Crippen molar-refractivity contribution in [2.75, 3.05) is 32.7 Å². The Labute approximate surface area is 144 Å². The van der Waals surface area contributed by atoms with Crippen LogP contribution >= 0.6 is 0 Å². The maximum atomic E-state index is 12.0. The van der Waals surface area contributed by atoms with Crippen molar-refractivity contribution in [1.82, 2.24) is 15.1 Å². The highest BCUT2D eigenvalue weighted by Gasteiger charge is 2.26. The SMILES string of the molecule is CC(C)NC(=O)CCN=C(N)N1CCN(C(=O)OC(C)(C)C)CC1. The summed E-state index contributed by atoms with van der Waals surface area (Å²) in [6.07, 6.45) is 0.0135. The topological polar surface area (TPSA) is 100 Å². The molecule has 8 nitrogen and oxygen atoms in total. The first-order chi connectivity index (χ1) is 11.1. The summed E-state index contributed by atoms with van der Waals surface area (Å²) in [6.45, 7) is 12.0. The second-order valence-corrected chi connectivity index (χ2v) is 7.17. The first-order valence-corrected chi connectivity index (χ1v) is 8.40. The van der Waals surface area contributed by atoms with E-state index in [4.69, 9.17) is 10.5 Å². The van der Waals surface area contributed by atoms with E-state index in [0.717, 1.165) is 0 Å². The summed E-state index contributed by atoms with van der Waals surface area (Å²) in [4.78, 5) is 31.4. The van der Waals surface area contributed by atoms with Gasteiger partial charge in [-0.3, -0.25) is 9.79 Å². The minimum atomic E-state index is -0.495. The highest BCUT2D eigenvalue weighted by atomic mass is 16.6. The molecule has 1 fully saturated rings. The van der Waals surface area contributed by atoms with E-state index in [1.54, 1.807) is 4.90 Å². The van der Waals surface area contributed by atoms with E-state index in [1.807, 2.05) is 39.5 Å². The molecule has 3 N–H and O–H groups in total. The lowest BCUT2D eigenvalue weighted by Gasteiger charge is -2.36. The van der Waals surface area contributed by atoms with Crippen LogP contribution in [-0.2, 0) is 9.53 Å². The van der Waals surface area contributed by atoms with Crippen molar-refractivity contribution in [2.45, 2.75) is 52.7 Å². The van der Waals surface area contributed by atoms with Crippen LogP contribution in [-0.4, -0.2) is 72.1 Å². The van der Waals surface area contributed by atoms with Gasteiger partial charge in [-0.15, -0.1) is 0 Å². The van der Waals surface area contributed by atoms with Crippen molar-refractivity contribution >= 4 is 18.0 Å². The summed E-state index contributed by atoms with van der Waals surface area (Å²) in [5, 5.41) is 2.81. The highest BCUT2D eigenvalue weighted by Crippen LogP contribution is 2.11. The lowest BCUT2D eigenvalue weighted by Crippen LogP contribution is -2.53. The van der Waals surface area contributed by atoms with E-state index in [9.17, 15) is 9.59 Å². The van der Waals surface area contributed by atoms with Gasteiger partial charge in [0, 0.05) is 38.6 Å². The van der Waals surface area contributed by atoms with Crippen LogP contribution in [0.15, 0.2) is 4.99 Å². The Balaban J connectivity index is 2.37. The second kappa shape index (κ2) is 8.75. The van der Waals surface area contributed by atoms with Gasteiger partial charge in [-0.1, -0.05) is 0 Å². The standard InChI is InChI=1S/C16H31N5O3/c1-12(2)19-13(22)6-7-18-14(17)20-8-10-21(11-9-20)15(23)24-16(3,4)5/h12H,6-11H2,1-5H3,(H2,17,18)(H,19,22). The highest BCUT2D eigenvalue weighted by molar-refractivity contribution is 5.80. The number of nitrogens with two attached hydrogens (primary N) is 1. The third-order valence-electron chi connectivity index (χ3n) is 3.32. The number of nitrogens with one attached hydrogen (secondary N) is 1. The first-order valence-electron chi connectivity index (χ1n) is 8.40. The van der Waals surface area contributed by atoms with Gasteiger partial charge in [0.15, 0.2) is 5.96 Å².